The summed E-state index contributed by atoms with van der Waals surface area (Å²) in [6.07, 6.45) is 1.23. The molecule has 0 spiro atoms. The normalized spacial score (nSPS) is 22.5. The molecular formula is C22H33N5. The maximum Gasteiger partial charge on any atom is 0.0661 e. The highest BCUT2D eigenvalue weighted by Gasteiger charge is 2.26. The van der Waals surface area contributed by atoms with E-state index in [1.54, 1.807) is 0 Å². The van der Waals surface area contributed by atoms with Crippen LogP contribution in [0.2, 0.25) is 0 Å². The minimum atomic E-state index is 0.557. The third-order valence-electron chi connectivity index (χ3n) is 6.08. The first-order chi connectivity index (χ1) is 13.2. The van der Waals surface area contributed by atoms with Crippen LogP contribution in [0.1, 0.15) is 29.4 Å². The Bertz CT molecular complexity index is 718. The number of rotatable bonds is 6. The summed E-state index contributed by atoms with van der Waals surface area (Å²) in [4.78, 5) is 7.84. The second-order valence-corrected chi connectivity index (χ2v) is 8.22. The van der Waals surface area contributed by atoms with Gasteiger partial charge in [-0.25, -0.2) is 0 Å². The first-order valence-corrected chi connectivity index (χ1v) is 10.4. The van der Waals surface area contributed by atoms with Crippen LogP contribution in [0.5, 0.6) is 0 Å². The number of aryl methyl sites for hydroxylation is 2. The Morgan fingerprint density at radius 1 is 0.889 bits per heavy atom. The molecule has 5 heteroatoms. The average molecular weight is 368 g/mol. The highest BCUT2D eigenvalue weighted by Crippen LogP contribution is 2.22. The lowest BCUT2D eigenvalue weighted by Gasteiger charge is -2.35. The summed E-state index contributed by atoms with van der Waals surface area (Å²) in [6.45, 7) is 14.9. The Morgan fingerprint density at radius 2 is 1.59 bits per heavy atom. The molecule has 4 rings (SSSR count). The number of likely N-dealkylation sites (tertiary alicyclic amines) is 1. The summed E-state index contributed by atoms with van der Waals surface area (Å²) in [5.74, 6) is 0. The lowest BCUT2D eigenvalue weighted by Crippen LogP contribution is -2.47. The smallest absolute Gasteiger partial charge is 0.0661 e. The molecule has 5 nitrogen and oxygen atoms in total. The molecule has 0 N–H and O–H groups in total. The van der Waals surface area contributed by atoms with Gasteiger partial charge >= 0.3 is 0 Å². The van der Waals surface area contributed by atoms with Gasteiger partial charge in [0.05, 0.1) is 11.7 Å². The van der Waals surface area contributed by atoms with Crippen molar-refractivity contribution in [3.05, 3.63) is 53.3 Å². The molecule has 146 valence electrons. The minimum absolute atomic E-state index is 0.557. The Kier molecular flexibility index (Phi) is 5.91. The minimum Gasteiger partial charge on any atom is -0.300 e. The topological polar surface area (TPSA) is 27.5 Å². The summed E-state index contributed by atoms with van der Waals surface area (Å²) in [7, 11) is 0. The number of benzene rings is 1. The number of nitrogens with zero attached hydrogens (tertiary/aromatic N) is 5. The van der Waals surface area contributed by atoms with Crippen molar-refractivity contribution in [2.75, 3.05) is 52.4 Å². The Labute approximate surface area is 163 Å². The third kappa shape index (κ3) is 4.78. The van der Waals surface area contributed by atoms with Crippen LogP contribution >= 0.6 is 0 Å². The molecular weight excluding hydrogens is 334 g/mol. The molecule has 3 heterocycles. The SMILES string of the molecule is Cc1cc(C)n(C2CCN(CCN3CCN(Cc4ccccc4)CC3)C2)n1. The standard InChI is InChI=1S/C22H33N5/c1-19-16-20(2)27(23-19)22-8-9-25(18-22)13-10-24-11-14-26(15-12-24)17-21-6-4-3-5-7-21/h3-7,16,22H,8-15,17-18H2,1-2H3. The van der Waals surface area contributed by atoms with Crippen LogP contribution < -0.4 is 0 Å². The fourth-order valence-electron chi connectivity index (χ4n) is 4.53. The monoisotopic (exact) mass is 367 g/mol. The summed E-state index contributed by atoms with van der Waals surface area (Å²) < 4.78 is 2.25. The van der Waals surface area contributed by atoms with Crippen molar-refractivity contribution in [3.8, 4) is 0 Å². The number of hydrogen-bond donors (Lipinski definition) is 0. The Morgan fingerprint density at radius 3 is 2.30 bits per heavy atom. The zero-order valence-electron chi connectivity index (χ0n) is 16.8. The molecule has 1 aromatic carbocycles. The van der Waals surface area contributed by atoms with Gasteiger partial charge in [0, 0.05) is 64.6 Å². The lowest BCUT2D eigenvalue weighted by atomic mass is 10.2. The van der Waals surface area contributed by atoms with E-state index in [1.165, 1.54) is 63.5 Å². The highest BCUT2D eigenvalue weighted by atomic mass is 15.3. The van der Waals surface area contributed by atoms with E-state index in [4.69, 9.17) is 5.10 Å². The van der Waals surface area contributed by atoms with Crippen molar-refractivity contribution in [1.82, 2.24) is 24.5 Å². The number of aromatic nitrogens is 2. The molecule has 1 unspecified atom stereocenters. The summed E-state index contributed by atoms with van der Waals surface area (Å²) in [5.41, 5.74) is 3.87. The van der Waals surface area contributed by atoms with E-state index in [1.807, 2.05) is 0 Å². The van der Waals surface area contributed by atoms with Crippen LogP contribution in [-0.2, 0) is 6.54 Å². The Hall–Kier alpha value is -1.69. The zero-order valence-corrected chi connectivity index (χ0v) is 16.8. The van der Waals surface area contributed by atoms with Gasteiger partial charge in [-0.05, 0) is 31.9 Å². The molecule has 2 saturated heterocycles. The van der Waals surface area contributed by atoms with Crippen LogP contribution in [0, 0.1) is 13.8 Å². The zero-order chi connectivity index (χ0) is 18.6. The van der Waals surface area contributed by atoms with Gasteiger partial charge in [0.15, 0.2) is 0 Å². The van der Waals surface area contributed by atoms with E-state index in [9.17, 15) is 0 Å². The molecule has 0 amide bonds. The van der Waals surface area contributed by atoms with E-state index in [0.29, 0.717) is 6.04 Å². The van der Waals surface area contributed by atoms with E-state index in [0.717, 1.165) is 18.8 Å². The molecule has 0 radical (unpaired) electrons. The van der Waals surface area contributed by atoms with Crippen molar-refractivity contribution in [2.24, 2.45) is 0 Å². The molecule has 0 saturated carbocycles. The second kappa shape index (κ2) is 8.55. The summed E-state index contributed by atoms with van der Waals surface area (Å²) >= 11 is 0. The van der Waals surface area contributed by atoms with Gasteiger partial charge in [-0.15, -0.1) is 0 Å². The van der Waals surface area contributed by atoms with Crippen molar-refractivity contribution < 1.29 is 0 Å². The predicted octanol–water partition coefficient (Wildman–Crippen LogP) is 2.56. The quantitative estimate of drug-likeness (QED) is 0.784. The van der Waals surface area contributed by atoms with Gasteiger partial charge in [-0.2, -0.15) is 5.10 Å². The van der Waals surface area contributed by atoms with E-state index >= 15 is 0 Å². The first-order valence-electron chi connectivity index (χ1n) is 10.4. The first kappa shape index (κ1) is 18.7. The summed E-state index contributed by atoms with van der Waals surface area (Å²) in [5, 5.41) is 4.69. The van der Waals surface area contributed by atoms with Gasteiger partial charge in [-0.3, -0.25) is 19.4 Å². The molecule has 2 aliphatic heterocycles. The second-order valence-electron chi connectivity index (χ2n) is 8.22. The van der Waals surface area contributed by atoms with Crippen LogP contribution in [0.4, 0.5) is 0 Å². The highest BCUT2D eigenvalue weighted by molar-refractivity contribution is 5.14. The largest absolute Gasteiger partial charge is 0.300 e. The van der Waals surface area contributed by atoms with Crippen LogP contribution in [0.15, 0.2) is 36.4 Å². The van der Waals surface area contributed by atoms with Crippen molar-refractivity contribution in [1.29, 1.82) is 0 Å². The van der Waals surface area contributed by atoms with Crippen molar-refractivity contribution in [3.63, 3.8) is 0 Å². The predicted molar refractivity (Wildman–Crippen MR) is 110 cm³/mol. The van der Waals surface area contributed by atoms with Gasteiger partial charge in [0.2, 0.25) is 0 Å². The molecule has 27 heavy (non-hydrogen) atoms. The van der Waals surface area contributed by atoms with Crippen LogP contribution in [-0.4, -0.2) is 76.8 Å². The molecule has 2 aromatic rings. The van der Waals surface area contributed by atoms with Gasteiger partial charge < -0.3 is 0 Å². The van der Waals surface area contributed by atoms with E-state index < -0.39 is 0 Å². The maximum absolute atomic E-state index is 4.69. The Balaban J connectivity index is 1.18. The van der Waals surface area contributed by atoms with Gasteiger partial charge in [0.1, 0.15) is 0 Å². The average Bonchev–Trinajstić information content (AvgIpc) is 3.28. The van der Waals surface area contributed by atoms with E-state index in [2.05, 4.69) is 69.6 Å². The number of hydrogen-bond acceptors (Lipinski definition) is 4. The van der Waals surface area contributed by atoms with Crippen LogP contribution in [0.25, 0.3) is 0 Å². The summed E-state index contributed by atoms with van der Waals surface area (Å²) in [6, 6.07) is 13.6. The molecule has 1 aromatic heterocycles. The number of piperazine rings is 1. The molecule has 1 atom stereocenters. The fourth-order valence-corrected chi connectivity index (χ4v) is 4.53. The van der Waals surface area contributed by atoms with Crippen molar-refractivity contribution in [2.45, 2.75) is 32.9 Å². The molecule has 2 aliphatic rings. The van der Waals surface area contributed by atoms with Crippen molar-refractivity contribution >= 4 is 0 Å². The van der Waals surface area contributed by atoms with E-state index in [-0.39, 0.29) is 0 Å². The third-order valence-corrected chi connectivity index (χ3v) is 6.08. The van der Waals surface area contributed by atoms with Crippen LogP contribution in [0.3, 0.4) is 0 Å². The molecule has 0 bridgehead atoms. The van der Waals surface area contributed by atoms with Gasteiger partial charge in [-0.1, -0.05) is 30.3 Å². The molecule has 0 aliphatic carbocycles. The molecule has 2 fully saturated rings. The van der Waals surface area contributed by atoms with Gasteiger partial charge in [0.25, 0.3) is 0 Å². The fraction of sp³-hybridized carbons (Fsp3) is 0.591. The maximum atomic E-state index is 4.69. The lowest BCUT2D eigenvalue weighted by molar-refractivity contribution is 0.117.